The van der Waals surface area contributed by atoms with Gasteiger partial charge in [-0.1, -0.05) is 30.6 Å². The maximum Gasteiger partial charge on any atom is 0.267 e. The van der Waals surface area contributed by atoms with Gasteiger partial charge in [0.1, 0.15) is 0 Å². The molecule has 1 atom stereocenters. The quantitative estimate of drug-likeness (QED) is 0.477. The summed E-state index contributed by atoms with van der Waals surface area (Å²) in [5, 5.41) is 0. The number of hydrogen-bond donors (Lipinski definition) is 0. The van der Waals surface area contributed by atoms with Crippen molar-refractivity contribution in [3.8, 4) is 23.7 Å². The molecule has 0 saturated carbocycles. The highest BCUT2D eigenvalue weighted by molar-refractivity contribution is 7.45. The molecule has 1 aromatic carbocycles. The molecule has 5 heteroatoms. The van der Waals surface area contributed by atoms with Gasteiger partial charge >= 0.3 is 0 Å². The summed E-state index contributed by atoms with van der Waals surface area (Å²) in [5.41, 5.74) is 1.82. The first-order valence-corrected chi connectivity index (χ1v) is 8.12. The Morgan fingerprint density at radius 3 is 2.10 bits per heavy atom. The summed E-state index contributed by atoms with van der Waals surface area (Å²) in [4.78, 5) is 10.9. The van der Waals surface area contributed by atoms with Crippen LogP contribution in [0, 0.1) is 23.7 Å². The van der Waals surface area contributed by atoms with Crippen LogP contribution in [0.5, 0.6) is 0 Å². The Balaban J connectivity index is 2.45. The zero-order valence-electron chi connectivity index (χ0n) is 12.2. The fraction of sp³-hybridized carbons (Fsp3) is 0.375. The van der Waals surface area contributed by atoms with Crippen molar-refractivity contribution >= 4 is 7.82 Å². The predicted molar refractivity (Wildman–Crippen MR) is 80.3 cm³/mol. The third-order valence-corrected chi connectivity index (χ3v) is 3.37. The Morgan fingerprint density at radius 2 is 1.62 bits per heavy atom. The van der Waals surface area contributed by atoms with Gasteiger partial charge in [-0.05, 0) is 30.7 Å². The second-order valence-electron chi connectivity index (χ2n) is 4.14. The number of benzene rings is 1. The Morgan fingerprint density at radius 1 is 1.10 bits per heavy atom. The van der Waals surface area contributed by atoms with Crippen LogP contribution in [-0.4, -0.2) is 13.7 Å². The summed E-state index contributed by atoms with van der Waals surface area (Å²) in [5.74, 6) is 11.9. The van der Waals surface area contributed by atoms with Gasteiger partial charge in [-0.15, -0.1) is 0 Å². The van der Waals surface area contributed by atoms with Crippen LogP contribution in [-0.2, 0) is 13.6 Å². The van der Waals surface area contributed by atoms with E-state index in [1.165, 1.54) is 0 Å². The lowest BCUT2D eigenvalue weighted by Gasteiger charge is -2.19. The van der Waals surface area contributed by atoms with Crippen LogP contribution in [0.15, 0.2) is 24.3 Å². The molecule has 0 aromatic heterocycles. The average molecular weight is 305 g/mol. The SMILES string of the molecule is CCCC#Cc1ccc(C#CCCOP(=O)([O-])OC)cc1. The molecule has 0 saturated heterocycles. The molecule has 4 nitrogen and oxygen atoms in total. The van der Waals surface area contributed by atoms with Crippen molar-refractivity contribution in [2.75, 3.05) is 13.7 Å². The highest BCUT2D eigenvalue weighted by Crippen LogP contribution is 2.36. The van der Waals surface area contributed by atoms with Gasteiger partial charge in [-0.3, -0.25) is 4.57 Å². The first-order chi connectivity index (χ1) is 10.1. The van der Waals surface area contributed by atoms with E-state index in [1.54, 1.807) is 0 Å². The second-order valence-corrected chi connectivity index (χ2v) is 5.66. The lowest BCUT2D eigenvalue weighted by molar-refractivity contribution is -0.222. The minimum absolute atomic E-state index is 0.0117. The fourth-order valence-electron chi connectivity index (χ4n) is 1.35. The highest BCUT2D eigenvalue weighted by atomic mass is 31.2. The van der Waals surface area contributed by atoms with E-state index < -0.39 is 7.82 Å². The van der Waals surface area contributed by atoms with E-state index in [4.69, 9.17) is 0 Å². The van der Waals surface area contributed by atoms with E-state index >= 15 is 0 Å². The third kappa shape index (κ3) is 7.71. The third-order valence-electron chi connectivity index (χ3n) is 2.43. The first-order valence-electron chi connectivity index (χ1n) is 6.66. The molecule has 21 heavy (non-hydrogen) atoms. The van der Waals surface area contributed by atoms with Crippen molar-refractivity contribution in [2.45, 2.75) is 26.2 Å². The lowest BCUT2D eigenvalue weighted by Crippen LogP contribution is -2.06. The van der Waals surface area contributed by atoms with E-state index in [9.17, 15) is 9.46 Å². The minimum Gasteiger partial charge on any atom is -0.756 e. The minimum atomic E-state index is -4.14. The van der Waals surface area contributed by atoms with Gasteiger partial charge in [-0.2, -0.15) is 0 Å². The molecule has 0 spiro atoms. The molecule has 0 bridgehead atoms. The number of unbranched alkanes of at least 4 members (excludes halogenated alkanes) is 1. The molecule has 0 aliphatic heterocycles. The van der Waals surface area contributed by atoms with Crippen molar-refractivity contribution in [2.24, 2.45) is 0 Å². The van der Waals surface area contributed by atoms with Crippen LogP contribution in [0.4, 0.5) is 0 Å². The summed E-state index contributed by atoms with van der Waals surface area (Å²) < 4.78 is 19.6. The summed E-state index contributed by atoms with van der Waals surface area (Å²) in [6, 6.07) is 7.61. The number of phosphoric acid groups is 1. The molecule has 0 aliphatic rings. The molecule has 0 aliphatic carbocycles. The van der Waals surface area contributed by atoms with Crippen LogP contribution < -0.4 is 4.89 Å². The van der Waals surface area contributed by atoms with Crippen molar-refractivity contribution in [3.05, 3.63) is 35.4 Å². The smallest absolute Gasteiger partial charge is 0.267 e. The summed E-state index contributed by atoms with van der Waals surface area (Å²) in [6.07, 6.45) is 2.26. The molecule has 0 radical (unpaired) electrons. The Bertz CT molecular complexity index is 599. The van der Waals surface area contributed by atoms with E-state index in [0.29, 0.717) is 6.42 Å². The van der Waals surface area contributed by atoms with Crippen LogP contribution >= 0.6 is 7.82 Å². The largest absolute Gasteiger partial charge is 0.756 e. The van der Waals surface area contributed by atoms with Gasteiger partial charge in [0.05, 0.1) is 6.61 Å². The van der Waals surface area contributed by atoms with Gasteiger partial charge < -0.3 is 13.9 Å². The van der Waals surface area contributed by atoms with E-state index in [2.05, 4.69) is 39.7 Å². The molecular weight excluding hydrogens is 287 g/mol. The molecule has 1 rings (SSSR count). The standard InChI is InChI=1S/C16H19O4P/c1-3-4-5-8-15-10-12-16(13-11-15)9-6-7-14-20-21(17,18)19-2/h10-13H,3-4,7,14H2,1-2H3,(H,17,18)/p-1. The van der Waals surface area contributed by atoms with Gasteiger partial charge in [0.25, 0.3) is 7.82 Å². The molecule has 1 aromatic rings. The fourth-order valence-corrected chi connectivity index (χ4v) is 1.77. The summed E-state index contributed by atoms with van der Waals surface area (Å²) >= 11 is 0. The summed E-state index contributed by atoms with van der Waals surface area (Å²) in [7, 11) is -3.08. The predicted octanol–water partition coefficient (Wildman–Crippen LogP) is 2.71. The Labute approximate surface area is 126 Å². The first kappa shape index (κ1) is 17.5. The topological polar surface area (TPSA) is 58.6 Å². The molecule has 0 fully saturated rings. The number of rotatable bonds is 5. The number of hydrogen-bond acceptors (Lipinski definition) is 4. The molecule has 0 amide bonds. The normalized spacial score (nSPS) is 12.5. The summed E-state index contributed by atoms with van der Waals surface area (Å²) in [6.45, 7) is 2.08. The van der Waals surface area contributed by atoms with Crippen molar-refractivity contribution in [1.29, 1.82) is 0 Å². The molecule has 112 valence electrons. The molecule has 1 unspecified atom stereocenters. The molecule has 0 N–H and O–H groups in total. The van der Waals surface area contributed by atoms with Crippen LogP contribution in [0.25, 0.3) is 0 Å². The van der Waals surface area contributed by atoms with E-state index in [1.807, 2.05) is 24.3 Å². The second kappa shape index (κ2) is 9.40. The van der Waals surface area contributed by atoms with Gasteiger partial charge in [0.2, 0.25) is 0 Å². The Kier molecular flexibility index (Phi) is 7.83. The maximum atomic E-state index is 10.9. The zero-order valence-corrected chi connectivity index (χ0v) is 13.1. The van der Waals surface area contributed by atoms with Crippen molar-refractivity contribution in [1.82, 2.24) is 0 Å². The zero-order chi connectivity index (χ0) is 15.6. The monoisotopic (exact) mass is 305 g/mol. The van der Waals surface area contributed by atoms with Crippen LogP contribution in [0.3, 0.4) is 0 Å². The van der Waals surface area contributed by atoms with Gasteiger partial charge in [0.15, 0.2) is 0 Å². The van der Waals surface area contributed by atoms with Crippen LogP contribution in [0.1, 0.15) is 37.3 Å². The van der Waals surface area contributed by atoms with Crippen LogP contribution in [0.2, 0.25) is 0 Å². The van der Waals surface area contributed by atoms with Gasteiger partial charge in [0, 0.05) is 31.1 Å². The van der Waals surface area contributed by atoms with Crippen molar-refractivity contribution in [3.63, 3.8) is 0 Å². The lowest BCUT2D eigenvalue weighted by atomic mass is 10.1. The molecule has 0 heterocycles. The van der Waals surface area contributed by atoms with Gasteiger partial charge in [-0.25, -0.2) is 0 Å². The number of phosphoric ester groups is 1. The Hall–Kier alpha value is -1.55. The highest BCUT2D eigenvalue weighted by Gasteiger charge is 2.03. The maximum absolute atomic E-state index is 10.9. The van der Waals surface area contributed by atoms with E-state index in [-0.39, 0.29) is 6.61 Å². The molecular formula is C16H18O4P-. The van der Waals surface area contributed by atoms with E-state index in [0.717, 1.165) is 31.1 Å². The van der Waals surface area contributed by atoms with Crippen molar-refractivity contribution < 1.29 is 18.5 Å². The average Bonchev–Trinajstić information content (AvgIpc) is 2.48.